The van der Waals surface area contributed by atoms with Gasteiger partial charge in [-0.15, -0.1) is 0 Å². The number of para-hydroxylation sites is 1. The third kappa shape index (κ3) is 3.56. The summed E-state index contributed by atoms with van der Waals surface area (Å²) in [7, 11) is 0. The van der Waals surface area contributed by atoms with Gasteiger partial charge in [0, 0.05) is 17.3 Å². The Morgan fingerprint density at radius 1 is 1.29 bits per heavy atom. The van der Waals surface area contributed by atoms with Crippen LogP contribution in [0.25, 0.3) is 0 Å². The number of nitrogens with zero attached hydrogens (tertiary/aromatic N) is 1. The number of benzene rings is 2. The van der Waals surface area contributed by atoms with Crippen molar-refractivity contribution in [2.45, 2.75) is 13.3 Å². The van der Waals surface area contributed by atoms with E-state index < -0.39 is 4.92 Å². The number of amides is 1. The van der Waals surface area contributed by atoms with Gasteiger partial charge in [-0.1, -0.05) is 18.2 Å². The Labute approximate surface area is 121 Å². The lowest BCUT2D eigenvalue weighted by Crippen LogP contribution is -2.15. The molecule has 0 saturated heterocycles. The molecule has 0 aliphatic rings. The van der Waals surface area contributed by atoms with Crippen LogP contribution in [0.2, 0.25) is 0 Å². The standard InChI is InChI=1S/C15H14N2O4/c1-10-8-12(6-7-14(10)18)16-15(19)9-11-4-2-3-5-13(11)17(20)21/h2-8,18H,9H2,1H3,(H,16,19). The Morgan fingerprint density at radius 3 is 2.67 bits per heavy atom. The van der Waals surface area contributed by atoms with Crippen molar-refractivity contribution in [1.29, 1.82) is 0 Å². The first-order valence-corrected chi connectivity index (χ1v) is 6.29. The van der Waals surface area contributed by atoms with Crippen LogP contribution in [0.5, 0.6) is 5.75 Å². The Bertz CT molecular complexity index is 698. The van der Waals surface area contributed by atoms with E-state index >= 15 is 0 Å². The first-order valence-electron chi connectivity index (χ1n) is 6.29. The molecule has 0 aliphatic carbocycles. The van der Waals surface area contributed by atoms with Crippen LogP contribution in [-0.2, 0) is 11.2 Å². The molecule has 2 N–H and O–H groups in total. The number of aromatic hydroxyl groups is 1. The summed E-state index contributed by atoms with van der Waals surface area (Å²) >= 11 is 0. The second kappa shape index (κ2) is 6.04. The Hall–Kier alpha value is -2.89. The van der Waals surface area contributed by atoms with Gasteiger partial charge in [0.1, 0.15) is 5.75 Å². The Morgan fingerprint density at radius 2 is 2.00 bits per heavy atom. The maximum Gasteiger partial charge on any atom is 0.273 e. The molecule has 0 unspecified atom stereocenters. The van der Waals surface area contributed by atoms with Crippen LogP contribution in [0.3, 0.4) is 0 Å². The number of nitrogens with one attached hydrogen (secondary N) is 1. The summed E-state index contributed by atoms with van der Waals surface area (Å²) in [5, 5.41) is 23.0. The molecule has 6 nitrogen and oxygen atoms in total. The third-order valence-electron chi connectivity index (χ3n) is 3.02. The Balaban J connectivity index is 2.12. The monoisotopic (exact) mass is 286 g/mol. The van der Waals surface area contributed by atoms with Gasteiger partial charge in [-0.05, 0) is 30.7 Å². The van der Waals surface area contributed by atoms with Crippen LogP contribution >= 0.6 is 0 Å². The molecule has 0 aliphatic heterocycles. The molecular weight excluding hydrogens is 272 g/mol. The number of aryl methyl sites for hydroxylation is 1. The SMILES string of the molecule is Cc1cc(NC(=O)Cc2ccccc2[N+](=O)[O-])ccc1O. The van der Waals surface area contributed by atoms with Crippen molar-refractivity contribution in [3.8, 4) is 5.75 Å². The lowest BCUT2D eigenvalue weighted by molar-refractivity contribution is -0.385. The van der Waals surface area contributed by atoms with Crippen molar-refractivity contribution in [1.82, 2.24) is 0 Å². The molecule has 21 heavy (non-hydrogen) atoms. The largest absolute Gasteiger partial charge is 0.508 e. The van der Waals surface area contributed by atoms with E-state index in [4.69, 9.17) is 0 Å². The first kappa shape index (κ1) is 14.5. The highest BCUT2D eigenvalue weighted by atomic mass is 16.6. The van der Waals surface area contributed by atoms with Gasteiger partial charge < -0.3 is 10.4 Å². The van der Waals surface area contributed by atoms with Crippen molar-refractivity contribution in [2.24, 2.45) is 0 Å². The maximum atomic E-state index is 12.0. The Kier molecular flexibility index (Phi) is 4.18. The number of phenols is 1. The zero-order valence-electron chi connectivity index (χ0n) is 11.4. The summed E-state index contributed by atoms with van der Waals surface area (Å²) in [6.07, 6.45) is -0.0862. The highest BCUT2D eigenvalue weighted by Gasteiger charge is 2.15. The molecule has 1 amide bonds. The summed E-state index contributed by atoms with van der Waals surface area (Å²) in [6.45, 7) is 1.72. The van der Waals surface area contributed by atoms with Crippen molar-refractivity contribution >= 4 is 17.3 Å². The van der Waals surface area contributed by atoms with Crippen LogP contribution < -0.4 is 5.32 Å². The molecule has 6 heteroatoms. The van der Waals surface area contributed by atoms with Crippen LogP contribution in [0.4, 0.5) is 11.4 Å². The van der Waals surface area contributed by atoms with Gasteiger partial charge in [0.05, 0.1) is 11.3 Å². The molecule has 0 radical (unpaired) electrons. The molecule has 0 saturated carbocycles. The van der Waals surface area contributed by atoms with E-state index in [0.717, 1.165) is 0 Å². The molecule has 2 rings (SSSR count). The van der Waals surface area contributed by atoms with Gasteiger partial charge in [0.2, 0.25) is 5.91 Å². The fourth-order valence-corrected chi connectivity index (χ4v) is 1.95. The van der Waals surface area contributed by atoms with Gasteiger partial charge >= 0.3 is 0 Å². The second-order valence-corrected chi connectivity index (χ2v) is 4.61. The van der Waals surface area contributed by atoms with Gasteiger partial charge in [0.15, 0.2) is 0 Å². The highest BCUT2D eigenvalue weighted by molar-refractivity contribution is 5.93. The average Bonchev–Trinajstić information content (AvgIpc) is 2.43. The van der Waals surface area contributed by atoms with Crippen LogP contribution in [-0.4, -0.2) is 15.9 Å². The van der Waals surface area contributed by atoms with E-state index in [1.54, 1.807) is 37.3 Å². The highest BCUT2D eigenvalue weighted by Crippen LogP contribution is 2.21. The second-order valence-electron chi connectivity index (χ2n) is 4.61. The maximum absolute atomic E-state index is 12.0. The quantitative estimate of drug-likeness (QED) is 0.513. The molecule has 2 aromatic rings. The number of rotatable bonds is 4. The van der Waals surface area contributed by atoms with E-state index in [-0.39, 0.29) is 23.8 Å². The molecule has 0 spiro atoms. The topological polar surface area (TPSA) is 92.5 Å². The van der Waals surface area contributed by atoms with Gasteiger partial charge in [-0.25, -0.2) is 0 Å². The van der Waals surface area contributed by atoms with Crippen molar-refractivity contribution < 1.29 is 14.8 Å². The smallest absolute Gasteiger partial charge is 0.273 e. The molecule has 0 heterocycles. The zero-order chi connectivity index (χ0) is 15.4. The van der Waals surface area contributed by atoms with Gasteiger partial charge in [0.25, 0.3) is 5.69 Å². The molecule has 108 valence electrons. The minimum atomic E-state index is -0.507. The number of carbonyl (C=O) groups is 1. The zero-order valence-corrected chi connectivity index (χ0v) is 11.4. The lowest BCUT2D eigenvalue weighted by atomic mass is 10.1. The third-order valence-corrected chi connectivity index (χ3v) is 3.02. The predicted molar refractivity (Wildman–Crippen MR) is 78.3 cm³/mol. The summed E-state index contributed by atoms with van der Waals surface area (Å²) in [5.74, 6) is -0.207. The van der Waals surface area contributed by atoms with Crippen LogP contribution in [0.1, 0.15) is 11.1 Å². The van der Waals surface area contributed by atoms with Crippen molar-refractivity contribution in [2.75, 3.05) is 5.32 Å². The number of phenolic OH excluding ortho intramolecular Hbond substituents is 1. The van der Waals surface area contributed by atoms with Crippen LogP contribution in [0, 0.1) is 17.0 Å². The molecule has 2 aromatic carbocycles. The molecule has 0 bridgehead atoms. The fourth-order valence-electron chi connectivity index (χ4n) is 1.95. The van der Waals surface area contributed by atoms with E-state index in [1.165, 1.54) is 12.1 Å². The number of hydrogen-bond donors (Lipinski definition) is 2. The fraction of sp³-hybridized carbons (Fsp3) is 0.133. The number of carbonyl (C=O) groups excluding carboxylic acids is 1. The summed E-state index contributed by atoms with van der Waals surface area (Å²) < 4.78 is 0. The molecular formula is C15H14N2O4. The predicted octanol–water partition coefficient (Wildman–Crippen LogP) is 2.79. The van der Waals surface area contributed by atoms with Crippen molar-refractivity contribution in [3.05, 3.63) is 63.7 Å². The summed E-state index contributed by atoms with van der Waals surface area (Å²) in [4.78, 5) is 22.3. The molecule has 0 aromatic heterocycles. The number of nitro benzene ring substituents is 1. The number of hydrogen-bond acceptors (Lipinski definition) is 4. The number of anilines is 1. The van der Waals surface area contributed by atoms with Crippen LogP contribution in [0.15, 0.2) is 42.5 Å². The minimum absolute atomic E-state index is 0.0745. The number of nitro groups is 1. The van der Waals surface area contributed by atoms with Gasteiger partial charge in [-0.3, -0.25) is 14.9 Å². The van der Waals surface area contributed by atoms with E-state index in [9.17, 15) is 20.0 Å². The summed E-state index contributed by atoms with van der Waals surface area (Å²) in [6, 6.07) is 10.8. The van der Waals surface area contributed by atoms with E-state index in [1.807, 2.05) is 0 Å². The molecule has 0 atom stereocenters. The van der Waals surface area contributed by atoms with E-state index in [0.29, 0.717) is 16.8 Å². The van der Waals surface area contributed by atoms with Crippen molar-refractivity contribution in [3.63, 3.8) is 0 Å². The normalized spacial score (nSPS) is 10.1. The lowest BCUT2D eigenvalue weighted by Gasteiger charge is -2.07. The first-order chi connectivity index (χ1) is 9.97. The van der Waals surface area contributed by atoms with E-state index in [2.05, 4.69) is 5.32 Å². The summed E-state index contributed by atoms with van der Waals surface area (Å²) in [5.41, 5.74) is 1.46. The minimum Gasteiger partial charge on any atom is -0.508 e. The average molecular weight is 286 g/mol. The van der Waals surface area contributed by atoms with Gasteiger partial charge in [-0.2, -0.15) is 0 Å². The molecule has 0 fully saturated rings.